The summed E-state index contributed by atoms with van der Waals surface area (Å²) in [5, 5.41) is 3.26. The normalized spacial score (nSPS) is 10.7. The van der Waals surface area contributed by atoms with Crippen molar-refractivity contribution in [3.8, 4) is 0 Å². The fourth-order valence-electron chi connectivity index (χ4n) is 2.43. The third-order valence-corrected chi connectivity index (χ3v) is 3.66. The van der Waals surface area contributed by atoms with E-state index in [4.69, 9.17) is 0 Å². The summed E-state index contributed by atoms with van der Waals surface area (Å²) in [6.07, 6.45) is 2.27. The van der Waals surface area contributed by atoms with Crippen molar-refractivity contribution < 1.29 is 9.18 Å². The number of carbonyl (C=O) groups is 1. The molecule has 1 amide bonds. The van der Waals surface area contributed by atoms with E-state index in [0.29, 0.717) is 29.6 Å². The summed E-state index contributed by atoms with van der Waals surface area (Å²) in [5.74, 6) is -0.528. The van der Waals surface area contributed by atoms with Gasteiger partial charge in [0.1, 0.15) is 5.82 Å². The lowest BCUT2D eigenvalue weighted by atomic mass is 10.2. The number of amides is 1. The second-order valence-corrected chi connectivity index (χ2v) is 5.42. The number of nitrogens with zero attached hydrogens (tertiary/aromatic N) is 2. The Balaban J connectivity index is 1.58. The molecule has 0 radical (unpaired) electrons. The van der Waals surface area contributed by atoms with Gasteiger partial charge in [0.05, 0.1) is 17.2 Å². The fourth-order valence-corrected chi connectivity index (χ4v) is 2.43. The number of rotatable bonds is 5. The Bertz CT molecular complexity index is 919. The first-order valence-electron chi connectivity index (χ1n) is 7.63. The number of anilines is 1. The molecule has 3 rings (SSSR count). The Morgan fingerprint density at radius 1 is 1.12 bits per heavy atom. The zero-order valence-corrected chi connectivity index (χ0v) is 12.9. The SMILES string of the molecule is O=C(CCCn1cnc2ccccc2c1=O)Nc1ccc(F)cc1. The maximum Gasteiger partial charge on any atom is 0.261 e. The monoisotopic (exact) mass is 325 g/mol. The molecule has 0 saturated carbocycles. The molecule has 1 heterocycles. The summed E-state index contributed by atoms with van der Waals surface area (Å²) in [7, 11) is 0. The quantitative estimate of drug-likeness (QED) is 0.784. The number of aryl methyl sites for hydroxylation is 1. The zero-order valence-electron chi connectivity index (χ0n) is 12.9. The first kappa shape index (κ1) is 15.9. The van der Waals surface area contributed by atoms with E-state index in [2.05, 4.69) is 10.3 Å². The van der Waals surface area contributed by atoms with Crippen molar-refractivity contribution >= 4 is 22.5 Å². The molecule has 5 nitrogen and oxygen atoms in total. The fraction of sp³-hybridized carbons (Fsp3) is 0.167. The van der Waals surface area contributed by atoms with Gasteiger partial charge in [0.2, 0.25) is 5.91 Å². The second kappa shape index (κ2) is 7.04. The first-order chi connectivity index (χ1) is 11.6. The van der Waals surface area contributed by atoms with Crippen LogP contribution in [-0.4, -0.2) is 15.5 Å². The Kier molecular flexibility index (Phi) is 4.65. The summed E-state index contributed by atoms with van der Waals surface area (Å²) in [6.45, 7) is 0.410. The predicted molar refractivity (Wildman–Crippen MR) is 90.3 cm³/mol. The largest absolute Gasteiger partial charge is 0.326 e. The van der Waals surface area contributed by atoms with Gasteiger partial charge in [-0.2, -0.15) is 0 Å². The first-order valence-corrected chi connectivity index (χ1v) is 7.63. The Hall–Kier alpha value is -3.02. The summed E-state index contributed by atoms with van der Waals surface area (Å²) >= 11 is 0. The van der Waals surface area contributed by atoms with Crippen LogP contribution in [-0.2, 0) is 11.3 Å². The van der Waals surface area contributed by atoms with E-state index in [1.54, 1.807) is 18.2 Å². The topological polar surface area (TPSA) is 64.0 Å². The van der Waals surface area contributed by atoms with Gasteiger partial charge < -0.3 is 5.32 Å². The Labute approximate surface area is 137 Å². The van der Waals surface area contributed by atoms with Crippen LogP contribution in [0.2, 0.25) is 0 Å². The molecule has 0 atom stereocenters. The number of benzene rings is 2. The minimum absolute atomic E-state index is 0.112. The molecule has 0 aliphatic rings. The zero-order chi connectivity index (χ0) is 16.9. The van der Waals surface area contributed by atoms with Gasteiger partial charge in [-0.25, -0.2) is 9.37 Å². The van der Waals surface area contributed by atoms with E-state index in [1.807, 2.05) is 6.07 Å². The van der Waals surface area contributed by atoms with Crippen LogP contribution in [0.1, 0.15) is 12.8 Å². The van der Waals surface area contributed by atoms with E-state index in [9.17, 15) is 14.0 Å². The minimum Gasteiger partial charge on any atom is -0.326 e. The molecule has 0 aliphatic carbocycles. The van der Waals surface area contributed by atoms with E-state index in [-0.39, 0.29) is 23.7 Å². The smallest absolute Gasteiger partial charge is 0.261 e. The van der Waals surface area contributed by atoms with E-state index >= 15 is 0 Å². The van der Waals surface area contributed by atoms with Crippen LogP contribution in [0.4, 0.5) is 10.1 Å². The van der Waals surface area contributed by atoms with Gasteiger partial charge in [0.15, 0.2) is 0 Å². The van der Waals surface area contributed by atoms with Crippen molar-refractivity contribution in [1.29, 1.82) is 0 Å². The highest BCUT2D eigenvalue weighted by Gasteiger charge is 2.06. The van der Waals surface area contributed by atoms with Gasteiger partial charge in [-0.3, -0.25) is 14.2 Å². The molecule has 0 unspecified atom stereocenters. The molecule has 0 aliphatic heterocycles. The third kappa shape index (κ3) is 3.65. The van der Waals surface area contributed by atoms with Gasteiger partial charge in [-0.15, -0.1) is 0 Å². The summed E-state index contributed by atoms with van der Waals surface area (Å²) in [5.41, 5.74) is 1.10. The number of hydrogen-bond acceptors (Lipinski definition) is 3. The molecule has 24 heavy (non-hydrogen) atoms. The highest BCUT2D eigenvalue weighted by molar-refractivity contribution is 5.90. The van der Waals surface area contributed by atoms with Crippen molar-refractivity contribution in [3.05, 3.63) is 71.0 Å². The number of halogens is 1. The lowest BCUT2D eigenvalue weighted by Crippen LogP contribution is -2.21. The predicted octanol–water partition coefficient (Wildman–Crippen LogP) is 2.95. The van der Waals surface area contributed by atoms with Crippen LogP contribution in [0.25, 0.3) is 10.9 Å². The lowest BCUT2D eigenvalue weighted by Gasteiger charge is -2.07. The highest BCUT2D eigenvalue weighted by Crippen LogP contribution is 2.09. The highest BCUT2D eigenvalue weighted by atomic mass is 19.1. The van der Waals surface area contributed by atoms with Crippen molar-refractivity contribution in [3.63, 3.8) is 0 Å². The molecule has 6 heteroatoms. The van der Waals surface area contributed by atoms with Gasteiger partial charge in [-0.05, 0) is 42.8 Å². The minimum atomic E-state index is -0.351. The van der Waals surface area contributed by atoms with Crippen LogP contribution >= 0.6 is 0 Å². The number of nitrogens with one attached hydrogen (secondary N) is 1. The molecule has 2 aromatic carbocycles. The van der Waals surface area contributed by atoms with Crippen LogP contribution in [0.5, 0.6) is 0 Å². The van der Waals surface area contributed by atoms with Crippen molar-refractivity contribution in [2.45, 2.75) is 19.4 Å². The summed E-state index contributed by atoms with van der Waals surface area (Å²) in [4.78, 5) is 28.4. The molecular weight excluding hydrogens is 309 g/mol. The maximum absolute atomic E-state index is 12.8. The van der Waals surface area contributed by atoms with Crippen molar-refractivity contribution in [2.24, 2.45) is 0 Å². The van der Waals surface area contributed by atoms with Gasteiger partial charge >= 0.3 is 0 Å². The Morgan fingerprint density at radius 2 is 1.88 bits per heavy atom. The Morgan fingerprint density at radius 3 is 2.67 bits per heavy atom. The number of hydrogen-bond donors (Lipinski definition) is 1. The molecule has 0 bridgehead atoms. The van der Waals surface area contributed by atoms with E-state index in [1.165, 1.54) is 35.2 Å². The van der Waals surface area contributed by atoms with Crippen LogP contribution < -0.4 is 10.9 Å². The average molecular weight is 325 g/mol. The van der Waals surface area contributed by atoms with Gasteiger partial charge in [-0.1, -0.05) is 12.1 Å². The standard InChI is InChI=1S/C18H16FN3O2/c19-13-7-9-14(10-8-13)21-17(23)6-3-11-22-12-20-16-5-2-1-4-15(16)18(22)24/h1-2,4-5,7-10,12H,3,6,11H2,(H,21,23). The second-order valence-electron chi connectivity index (χ2n) is 5.42. The van der Waals surface area contributed by atoms with Crippen LogP contribution in [0, 0.1) is 5.82 Å². The van der Waals surface area contributed by atoms with E-state index in [0.717, 1.165) is 0 Å². The number of para-hydroxylation sites is 1. The molecule has 3 aromatic rings. The molecule has 122 valence electrons. The third-order valence-electron chi connectivity index (χ3n) is 3.66. The van der Waals surface area contributed by atoms with Gasteiger partial charge in [0.25, 0.3) is 5.56 Å². The molecule has 0 fully saturated rings. The van der Waals surface area contributed by atoms with Crippen molar-refractivity contribution in [1.82, 2.24) is 9.55 Å². The molecular formula is C18H16FN3O2. The molecule has 1 N–H and O–H groups in total. The number of fused-ring (bicyclic) bond motifs is 1. The van der Waals surface area contributed by atoms with Crippen molar-refractivity contribution in [2.75, 3.05) is 5.32 Å². The average Bonchev–Trinajstić information content (AvgIpc) is 2.59. The number of carbonyl (C=O) groups excluding carboxylic acids is 1. The maximum atomic E-state index is 12.8. The van der Waals surface area contributed by atoms with E-state index < -0.39 is 0 Å². The molecule has 0 spiro atoms. The van der Waals surface area contributed by atoms with Gasteiger partial charge in [0, 0.05) is 18.7 Å². The lowest BCUT2D eigenvalue weighted by molar-refractivity contribution is -0.116. The van der Waals surface area contributed by atoms with Crippen LogP contribution in [0.15, 0.2) is 59.7 Å². The summed E-state index contributed by atoms with van der Waals surface area (Å²) < 4.78 is 14.3. The summed E-state index contributed by atoms with van der Waals surface area (Å²) in [6, 6.07) is 12.7. The molecule has 0 saturated heterocycles. The van der Waals surface area contributed by atoms with Crippen LogP contribution in [0.3, 0.4) is 0 Å². The number of aromatic nitrogens is 2. The molecule has 1 aromatic heterocycles.